The SMILES string of the molecule is Cc1cc2c(c(OC(=O)CC3CCCCC3)c1C)[C@H]1C3Cc4c(O)c(C)c5c(c4[C@H](CNC(=O)CC4CCCCC4)N3[C@@H](C#N)[C@H](C2)N1C)OCO5. The Morgan fingerprint density at radius 2 is 1.60 bits per heavy atom. The number of aromatic hydroxyl groups is 1. The standard InChI is InChI=1S/C42H54N4O6/c1-23-15-28-18-30-32(20-43)46-31(38(45(30)4)36(28)40(24(23)2)52-35(48)17-27-13-9-6-10-14-27)19-29-37(42-41(50-22-51-42)25(3)39(29)49)33(46)21-44-34(47)16-26-11-7-5-8-12-26/h15,26-27,30-33,38,49H,5-14,16-19,21-22H2,1-4H3,(H,44,47)/t30-,31?,32-,33-,38+/m0/s1. The van der Waals surface area contributed by atoms with Crippen molar-refractivity contribution >= 4 is 11.9 Å². The topological polar surface area (TPSA) is 124 Å². The van der Waals surface area contributed by atoms with Gasteiger partial charge in [0.2, 0.25) is 12.7 Å². The lowest BCUT2D eigenvalue weighted by Gasteiger charge is -2.60. The van der Waals surface area contributed by atoms with Crippen LogP contribution in [0.15, 0.2) is 6.07 Å². The second-order valence-electron chi connectivity index (χ2n) is 16.5. The van der Waals surface area contributed by atoms with Gasteiger partial charge in [0.05, 0.1) is 18.2 Å². The van der Waals surface area contributed by atoms with Gasteiger partial charge in [0.1, 0.15) is 17.5 Å². The van der Waals surface area contributed by atoms with E-state index in [2.05, 4.69) is 41.2 Å². The van der Waals surface area contributed by atoms with Crippen LogP contribution in [-0.2, 0) is 22.4 Å². The van der Waals surface area contributed by atoms with Crippen LogP contribution in [-0.4, -0.2) is 65.3 Å². The Labute approximate surface area is 307 Å². The number of fused-ring (bicyclic) bond motifs is 9. The predicted molar refractivity (Wildman–Crippen MR) is 195 cm³/mol. The van der Waals surface area contributed by atoms with Gasteiger partial charge in [0.15, 0.2) is 11.5 Å². The van der Waals surface area contributed by atoms with Crippen molar-refractivity contribution in [3.05, 3.63) is 45.0 Å². The largest absolute Gasteiger partial charge is 0.507 e. The minimum absolute atomic E-state index is 0.0205. The lowest BCUT2D eigenvalue weighted by atomic mass is 9.71. The highest BCUT2D eigenvalue weighted by Gasteiger charge is 2.56. The van der Waals surface area contributed by atoms with Crippen molar-refractivity contribution in [3.63, 3.8) is 0 Å². The molecule has 1 amide bonds. The van der Waals surface area contributed by atoms with Crippen LogP contribution in [0, 0.1) is 43.9 Å². The maximum atomic E-state index is 13.7. The molecule has 0 spiro atoms. The molecule has 5 atom stereocenters. The van der Waals surface area contributed by atoms with Crippen molar-refractivity contribution in [3.8, 4) is 29.1 Å². The number of aryl methyl sites for hydroxylation is 1. The van der Waals surface area contributed by atoms with Crippen LogP contribution in [0.4, 0.5) is 0 Å². The maximum absolute atomic E-state index is 13.7. The first-order valence-electron chi connectivity index (χ1n) is 19.8. The van der Waals surface area contributed by atoms with E-state index in [1.165, 1.54) is 38.5 Å². The molecule has 8 rings (SSSR count). The van der Waals surface area contributed by atoms with Crippen LogP contribution >= 0.6 is 0 Å². The number of amides is 1. The minimum Gasteiger partial charge on any atom is -0.507 e. The minimum atomic E-state index is -0.506. The van der Waals surface area contributed by atoms with E-state index in [1.807, 2.05) is 13.8 Å². The first kappa shape index (κ1) is 35.2. The summed E-state index contributed by atoms with van der Waals surface area (Å²) in [4.78, 5) is 31.8. The third kappa shape index (κ3) is 6.02. The van der Waals surface area contributed by atoms with Crippen LogP contribution in [0.5, 0.6) is 23.0 Å². The predicted octanol–water partition coefficient (Wildman–Crippen LogP) is 6.78. The number of piperazine rings is 1. The first-order chi connectivity index (χ1) is 25.2. The number of esters is 1. The van der Waals surface area contributed by atoms with Crippen LogP contribution in [0.25, 0.3) is 0 Å². The van der Waals surface area contributed by atoms with Crippen LogP contribution in [0.1, 0.15) is 128 Å². The smallest absolute Gasteiger partial charge is 0.311 e. The number of likely N-dealkylation sites (N-methyl/N-ethyl adjacent to an activating group) is 1. The Balaban J connectivity index is 1.21. The molecule has 2 aliphatic carbocycles. The number of nitriles is 1. The third-order valence-corrected chi connectivity index (χ3v) is 13.5. The summed E-state index contributed by atoms with van der Waals surface area (Å²) in [5.74, 6) is 2.54. The number of hydrogen-bond donors (Lipinski definition) is 2. The molecule has 2 N–H and O–H groups in total. The summed E-state index contributed by atoms with van der Waals surface area (Å²) in [5.41, 5.74) is 6.35. The Morgan fingerprint density at radius 3 is 2.29 bits per heavy atom. The van der Waals surface area contributed by atoms with E-state index in [0.717, 1.165) is 59.1 Å². The Hall–Kier alpha value is -3.81. The van der Waals surface area contributed by atoms with Gasteiger partial charge in [-0.05, 0) is 94.9 Å². The van der Waals surface area contributed by atoms with Gasteiger partial charge in [-0.15, -0.1) is 0 Å². The van der Waals surface area contributed by atoms with E-state index in [9.17, 15) is 20.0 Å². The van der Waals surface area contributed by atoms with Gasteiger partial charge in [0, 0.05) is 53.7 Å². The average Bonchev–Trinajstić information content (AvgIpc) is 3.63. The number of nitrogens with zero attached hydrogens (tertiary/aromatic N) is 3. The third-order valence-electron chi connectivity index (χ3n) is 13.5. The maximum Gasteiger partial charge on any atom is 0.311 e. The van der Waals surface area contributed by atoms with Gasteiger partial charge in [-0.25, -0.2) is 0 Å². The molecule has 52 heavy (non-hydrogen) atoms. The van der Waals surface area contributed by atoms with Gasteiger partial charge in [-0.1, -0.05) is 44.6 Å². The first-order valence-corrected chi connectivity index (χ1v) is 19.8. The van der Waals surface area contributed by atoms with E-state index < -0.39 is 12.1 Å². The number of benzene rings is 2. The zero-order valence-corrected chi connectivity index (χ0v) is 31.3. The van der Waals surface area contributed by atoms with Gasteiger partial charge in [0.25, 0.3) is 0 Å². The van der Waals surface area contributed by atoms with Crippen LogP contribution in [0.2, 0.25) is 0 Å². The lowest BCUT2D eigenvalue weighted by Crippen LogP contribution is -2.68. The molecule has 2 saturated carbocycles. The summed E-state index contributed by atoms with van der Waals surface area (Å²) >= 11 is 0. The number of phenols is 1. The monoisotopic (exact) mass is 710 g/mol. The van der Waals surface area contributed by atoms with E-state index >= 15 is 0 Å². The van der Waals surface area contributed by atoms with Crippen LogP contribution in [0.3, 0.4) is 0 Å². The van der Waals surface area contributed by atoms with Crippen molar-refractivity contribution in [2.75, 3.05) is 20.4 Å². The number of nitrogens with one attached hydrogen (secondary N) is 1. The highest BCUT2D eigenvalue weighted by atomic mass is 16.7. The highest BCUT2D eigenvalue weighted by molar-refractivity contribution is 5.77. The second kappa shape index (κ2) is 14.2. The molecule has 10 heteroatoms. The summed E-state index contributed by atoms with van der Waals surface area (Å²) in [6, 6.07) is 3.34. The summed E-state index contributed by atoms with van der Waals surface area (Å²) < 4.78 is 18.5. The average molecular weight is 711 g/mol. The van der Waals surface area contributed by atoms with Crippen molar-refractivity contribution in [1.29, 1.82) is 5.26 Å². The fourth-order valence-corrected chi connectivity index (χ4v) is 10.7. The molecular formula is C42H54N4O6. The number of carbonyl (C=O) groups is 2. The van der Waals surface area contributed by atoms with E-state index in [-0.39, 0.29) is 49.1 Å². The molecule has 0 aromatic heterocycles. The van der Waals surface area contributed by atoms with Gasteiger partial charge >= 0.3 is 5.97 Å². The molecule has 4 aliphatic heterocycles. The zero-order valence-electron chi connectivity index (χ0n) is 31.3. The molecule has 10 nitrogen and oxygen atoms in total. The number of carbonyl (C=O) groups excluding carboxylic acids is 2. The van der Waals surface area contributed by atoms with Crippen molar-refractivity contribution in [2.45, 2.75) is 141 Å². The van der Waals surface area contributed by atoms with Crippen molar-refractivity contribution < 1.29 is 28.9 Å². The molecule has 0 radical (unpaired) electrons. The quantitative estimate of drug-likeness (QED) is 0.236. The number of ether oxygens (including phenoxy) is 3. The number of phenolic OH excluding ortho intramolecular Hbond substituents is 1. The Kier molecular flexibility index (Phi) is 9.62. The van der Waals surface area contributed by atoms with E-state index in [4.69, 9.17) is 14.2 Å². The molecule has 278 valence electrons. The summed E-state index contributed by atoms with van der Waals surface area (Å²) in [6.45, 7) is 6.29. The van der Waals surface area contributed by atoms with Crippen LogP contribution < -0.4 is 19.5 Å². The van der Waals surface area contributed by atoms with E-state index in [0.29, 0.717) is 60.3 Å². The normalized spacial score (nSPS) is 27.2. The van der Waals surface area contributed by atoms with Crippen molar-refractivity contribution in [1.82, 2.24) is 15.1 Å². The molecule has 2 bridgehead atoms. The van der Waals surface area contributed by atoms with Gasteiger partial charge in [-0.2, -0.15) is 5.26 Å². The highest BCUT2D eigenvalue weighted by Crippen LogP contribution is 2.57. The van der Waals surface area contributed by atoms with Gasteiger partial charge < -0.3 is 24.6 Å². The Bertz CT molecular complexity index is 1790. The van der Waals surface area contributed by atoms with Gasteiger partial charge in [-0.3, -0.25) is 19.4 Å². The summed E-state index contributed by atoms with van der Waals surface area (Å²) in [6.07, 6.45) is 13.4. The molecule has 6 aliphatic rings. The Morgan fingerprint density at radius 1 is 0.923 bits per heavy atom. The fourth-order valence-electron chi connectivity index (χ4n) is 10.7. The van der Waals surface area contributed by atoms with Crippen molar-refractivity contribution in [2.24, 2.45) is 11.8 Å². The zero-order chi connectivity index (χ0) is 36.3. The summed E-state index contributed by atoms with van der Waals surface area (Å²) in [7, 11) is 2.09. The lowest BCUT2D eigenvalue weighted by molar-refractivity contribution is -0.136. The molecule has 1 unspecified atom stereocenters. The fraction of sp³-hybridized carbons (Fsp3) is 0.643. The second-order valence-corrected chi connectivity index (χ2v) is 16.5. The number of hydrogen-bond acceptors (Lipinski definition) is 9. The molecular weight excluding hydrogens is 656 g/mol. The molecule has 2 aromatic rings. The summed E-state index contributed by atoms with van der Waals surface area (Å²) in [5, 5.41) is 26.1. The molecule has 4 heterocycles. The molecule has 1 saturated heterocycles. The van der Waals surface area contributed by atoms with E-state index in [1.54, 1.807) is 0 Å². The molecule has 2 aromatic carbocycles. The number of rotatable bonds is 7. The molecule has 3 fully saturated rings.